The van der Waals surface area contributed by atoms with Crippen molar-refractivity contribution in [2.75, 3.05) is 24.7 Å². The minimum absolute atomic E-state index is 0.341. The minimum Gasteiger partial charge on any atom is -0.377 e. The third-order valence-electron chi connectivity index (χ3n) is 1.65. The number of hydrogen-bond acceptors (Lipinski definition) is 3. The van der Waals surface area contributed by atoms with E-state index in [0.29, 0.717) is 12.1 Å². The molecule has 0 saturated heterocycles. The summed E-state index contributed by atoms with van der Waals surface area (Å²) in [6.45, 7) is 10.3. The molecule has 0 aliphatic heterocycles. The van der Waals surface area contributed by atoms with Gasteiger partial charge in [-0.25, -0.2) is 0 Å². The van der Waals surface area contributed by atoms with Crippen LogP contribution in [0.5, 0.6) is 0 Å². The molecule has 0 aromatic carbocycles. The van der Waals surface area contributed by atoms with Gasteiger partial charge in [0.15, 0.2) is 0 Å². The lowest BCUT2D eigenvalue weighted by molar-refractivity contribution is 0.0658. The molecule has 0 aromatic heterocycles. The van der Waals surface area contributed by atoms with E-state index in [1.807, 2.05) is 11.8 Å². The number of rotatable bonds is 8. The van der Waals surface area contributed by atoms with Crippen molar-refractivity contribution in [2.45, 2.75) is 39.8 Å². The Morgan fingerprint density at radius 3 is 2.46 bits per heavy atom. The summed E-state index contributed by atoms with van der Waals surface area (Å²) in [5, 5.41) is 3.43. The molecule has 0 aliphatic carbocycles. The molecule has 0 fully saturated rings. The van der Waals surface area contributed by atoms with Crippen molar-refractivity contribution in [2.24, 2.45) is 0 Å². The Kier molecular flexibility index (Phi) is 9.03. The second-order valence-corrected chi connectivity index (χ2v) is 4.62. The lowest BCUT2D eigenvalue weighted by Gasteiger charge is -2.18. The van der Waals surface area contributed by atoms with E-state index in [2.05, 4.69) is 33.0 Å². The first-order valence-corrected chi connectivity index (χ1v) is 6.28. The van der Waals surface area contributed by atoms with Crippen LogP contribution in [0.2, 0.25) is 0 Å². The van der Waals surface area contributed by atoms with Crippen LogP contribution in [0.15, 0.2) is 0 Å². The molecule has 0 aromatic rings. The van der Waals surface area contributed by atoms with E-state index < -0.39 is 0 Å². The smallest absolute Gasteiger partial charge is 0.0631 e. The van der Waals surface area contributed by atoms with Gasteiger partial charge in [0.25, 0.3) is 0 Å². The summed E-state index contributed by atoms with van der Waals surface area (Å²) in [7, 11) is 0. The van der Waals surface area contributed by atoms with Crippen LogP contribution in [-0.4, -0.2) is 36.8 Å². The monoisotopic (exact) mass is 205 g/mol. The van der Waals surface area contributed by atoms with Crippen LogP contribution in [0.4, 0.5) is 0 Å². The number of nitrogens with one attached hydrogen (secondary N) is 1. The molecule has 0 saturated carbocycles. The molecule has 0 aliphatic rings. The first-order chi connectivity index (χ1) is 6.20. The number of likely N-dealkylation sites (N-methyl/N-ethyl adjacent to an activating group) is 1. The second kappa shape index (κ2) is 8.85. The van der Waals surface area contributed by atoms with E-state index >= 15 is 0 Å². The van der Waals surface area contributed by atoms with Crippen LogP contribution in [-0.2, 0) is 4.74 Å². The maximum atomic E-state index is 5.58. The number of ether oxygens (including phenoxy) is 1. The van der Waals surface area contributed by atoms with Crippen LogP contribution < -0.4 is 5.32 Å². The summed E-state index contributed by atoms with van der Waals surface area (Å²) >= 11 is 1.97. The van der Waals surface area contributed by atoms with Gasteiger partial charge >= 0.3 is 0 Å². The van der Waals surface area contributed by atoms with Crippen LogP contribution in [0.3, 0.4) is 0 Å². The molecule has 0 heterocycles. The highest BCUT2D eigenvalue weighted by Crippen LogP contribution is 2.03. The summed E-state index contributed by atoms with van der Waals surface area (Å²) in [5.74, 6) is 2.33. The third-order valence-corrected chi connectivity index (χ3v) is 2.69. The first kappa shape index (κ1) is 13.3. The first-order valence-electron chi connectivity index (χ1n) is 5.13. The predicted octanol–water partition coefficient (Wildman–Crippen LogP) is 2.14. The minimum atomic E-state index is 0.341. The van der Waals surface area contributed by atoms with Gasteiger partial charge in [-0.1, -0.05) is 13.8 Å². The fourth-order valence-corrected chi connectivity index (χ4v) is 1.76. The Balaban J connectivity index is 3.53. The molecular weight excluding hydrogens is 182 g/mol. The molecule has 1 atom stereocenters. The van der Waals surface area contributed by atoms with E-state index in [9.17, 15) is 0 Å². The van der Waals surface area contributed by atoms with Crippen LogP contribution in [0.1, 0.15) is 27.7 Å². The zero-order valence-corrected chi connectivity index (χ0v) is 10.1. The van der Waals surface area contributed by atoms with Gasteiger partial charge < -0.3 is 10.1 Å². The maximum Gasteiger partial charge on any atom is 0.0631 e. The average molecular weight is 205 g/mol. The number of hydrogen-bond donors (Lipinski definition) is 1. The van der Waals surface area contributed by atoms with Crippen molar-refractivity contribution >= 4 is 11.8 Å². The highest BCUT2D eigenvalue weighted by atomic mass is 32.2. The largest absolute Gasteiger partial charge is 0.377 e. The number of thioether (sulfide) groups is 1. The fraction of sp³-hybridized carbons (Fsp3) is 1.00. The predicted molar refractivity (Wildman–Crippen MR) is 61.6 cm³/mol. The molecule has 2 nitrogen and oxygen atoms in total. The third kappa shape index (κ3) is 8.60. The fourth-order valence-electron chi connectivity index (χ4n) is 1.02. The van der Waals surface area contributed by atoms with Gasteiger partial charge in [-0.15, -0.1) is 0 Å². The van der Waals surface area contributed by atoms with Gasteiger partial charge in [-0.05, 0) is 26.1 Å². The SMILES string of the molecule is CCNC(COC(C)C)CSCC. The molecule has 0 radical (unpaired) electrons. The molecule has 13 heavy (non-hydrogen) atoms. The highest BCUT2D eigenvalue weighted by Gasteiger charge is 2.07. The van der Waals surface area contributed by atoms with Gasteiger partial charge in [0, 0.05) is 11.8 Å². The molecule has 1 N–H and O–H groups in total. The van der Waals surface area contributed by atoms with Gasteiger partial charge in [0.05, 0.1) is 12.7 Å². The zero-order chi connectivity index (χ0) is 10.1. The van der Waals surface area contributed by atoms with Crippen LogP contribution >= 0.6 is 11.8 Å². The lowest BCUT2D eigenvalue weighted by atomic mass is 10.3. The van der Waals surface area contributed by atoms with Crippen LogP contribution in [0, 0.1) is 0 Å². The van der Waals surface area contributed by atoms with Gasteiger partial charge in [-0.2, -0.15) is 11.8 Å². The van der Waals surface area contributed by atoms with Gasteiger partial charge in [-0.3, -0.25) is 0 Å². The Hall–Kier alpha value is 0.270. The molecule has 3 heteroatoms. The summed E-state index contributed by atoms with van der Waals surface area (Å²) in [4.78, 5) is 0. The maximum absolute atomic E-state index is 5.58. The van der Waals surface area contributed by atoms with E-state index in [1.165, 1.54) is 5.75 Å². The molecule has 80 valence electrons. The Morgan fingerprint density at radius 1 is 1.31 bits per heavy atom. The summed E-state index contributed by atoms with van der Waals surface area (Å²) < 4.78 is 5.58. The van der Waals surface area contributed by atoms with E-state index in [4.69, 9.17) is 4.74 Å². The Morgan fingerprint density at radius 2 is 2.00 bits per heavy atom. The Bertz CT molecular complexity index is 109. The average Bonchev–Trinajstić information content (AvgIpc) is 2.09. The van der Waals surface area contributed by atoms with Gasteiger partial charge in [0.1, 0.15) is 0 Å². The summed E-state index contributed by atoms with van der Waals surface area (Å²) in [6, 6.07) is 0.511. The summed E-state index contributed by atoms with van der Waals surface area (Å²) in [6.07, 6.45) is 0.341. The van der Waals surface area contributed by atoms with E-state index in [1.54, 1.807) is 0 Å². The molecule has 0 bridgehead atoms. The lowest BCUT2D eigenvalue weighted by Crippen LogP contribution is -2.36. The second-order valence-electron chi connectivity index (χ2n) is 3.30. The Labute approximate surface area is 86.8 Å². The molecular formula is C10H23NOS. The van der Waals surface area contributed by atoms with Crippen molar-refractivity contribution in [3.63, 3.8) is 0 Å². The van der Waals surface area contributed by atoms with Crippen LogP contribution in [0.25, 0.3) is 0 Å². The van der Waals surface area contributed by atoms with Crippen molar-refractivity contribution in [1.29, 1.82) is 0 Å². The van der Waals surface area contributed by atoms with Crippen molar-refractivity contribution in [3.8, 4) is 0 Å². The highest BCUT2D eigenvalue weighted by molar-refractivity contribution is 7.99. The quantitative estimate of drug-likeness (QED) is 0.656. The van der Waals surface area contributed by atoms with Crippen molar-refractivity contribution < 1.29 is 4.74 Å². The summed E-state index contributed by atoms with van der Waals surface area (Å²) in [5.41, 5.74) is 0. The molecule has 0 amide bonds. The molecule has 0 rings (SSSR count). The normalized spacial score (nSPS) is 13.6. The topological polar surface area (TPSA) is 21.3 Å². The van der Waals surface area contributed by atoms with E-state index in [-0.39, 0.29) is 0 Å². The van der Waals surface area contributed by atoms with Gasteiger partial charge in [0.2, 0.25) is 0 Å². The van der Waals surface area contributed by atoms with E-state index in [0.717, 1.165) is 18.9 Å². The standard InChI is InChI=1S/C10H23NOS/c1-5-11-10(8-13-6-2)7-12-9(3)4/h9-11H,5-8H2,1-4H3. The zero-order valence-electron chi connectivity index (χ0n) is 9.30. The van der Waals surface area contributed by atoms with Crippen molar-refractivity contribution in [1.82, 2.24) is 5.32 Å². The molecule has 1 unspecified atom stereocenters. The molecule has 0 spiro atoms. The van der Waals surface area contributed by atoms with Crippen molar-refractivity contribution in [3.05, 3.63) is 0 Å².